The SMILES string of the molecule is CCn1nnc2c(C)c(C(CC(=O)OC)c3ccc4c(c3)CNCC4)ccc21.CCn1nnc2c(C)c([C@@H](CC(=O)OC)c3ccc4c(c3)CNCC4)ccc21.CCn1nnc2c(C)c([C@H](CC(=O)OC)c3ccc4c(c3)CNCC4)ccc21.CSF. The van der Waals surface area contributed by atoms with Gasteiger partial charge in [0.05, 0.1) is 57.1 Å². The van der Waals surface area contributed by atoms with Crippen LogP contribution in [0.2, 0.25) is 0 Å². The van der Waals surface area contributed by atoms with E-state index < -0.39 is 0 Å². The van der Waals surface area contributed by atoms with Crippen molar-refractivity contribution in [2.45, 2.75) is 137 Å². The Labute approximate surface area is 513 Å². The summed E-state index contributed by atoms with van der Waals surface area (Å²) in [5.74, 6) is -0.852. The fraction of sp³-hybridized carbons (Fsp3) is 0.418. The predicted molar refractivity (Wildman–Crippen MR) is 339 cm³/mol. The molecule has 18 nitrogen and oxygen atoms in total. The molecule has 12 rings (SSSR count). The summed E-state index contributed by atoms with van der Waals surface area (Å²) in [6.45, 7) is 20.4. The summed E-state index contributed by atoms with van der Waals surface area (Å²) in [6, 6.07) is 32.3. The van der Waals surface area contributed by atoms with Crippen LogP contribution in [0, 0.1) is 20.8 Å². The largest absolute Gasteiger partial charge is 0.469 e. The molecule has 3 atom stereocenters. The third-order valence-electron chi connectivity index (χ3n) is 17.3. The van der Waals surface area contributed by atoms with Crippen LogP contribution >= 0.6 is 12.1 Å². The van der Waals surface area contributed by atoms with Gasteiger partial charge in [-0.25, -0.2) is 14.0 Å². The average Bonchev–Trinajstić information content (AvgIpc) is 2.47. The summed E-state index contributed by atoms with van der Waals surface area (Å²) in [4.78, 5) is 36.6. The van der Waals surface area contributed by atoms with Crippen molar-refractivity contribution in [3.05, 3.63) is 174 Å². The van der Waals surface area contributed by atoms with Crippen molar-refractivity contribution in [1.29, 1.82) is 0 Å². The molecule has 0 spiro atoms. The number of ether oxygens (including phenoxy) is 3. The Morgan fingerprint density at radius 3 is 1.00 bits per heavy atom. The maximum absolute atomic E-state index is 12.2. The maximum Gasteiger partial charge on any atom is 0.306 e. The minimum absolute atomic E-state index is 0.0733. The minimum Gasteiger partial charge on any atom is -0.469 e. The molecular formula is C67H81FN12O6S. The zero-order valence-corrected chi connectivity index (χ0v) is 52.6. The summed E-state index contributed by atoms with van der Waals surface area (Å²) in [5.41, 5.74) is 23.8. The number of hydrogen-bond donors (Lipinski definition) is 3. The van der Waals surface area contributed by atoms with Gasteiger partial charge in [-0.2, -0.15) is 3.89 Å². The van der Waals surface area contributed by atoms with Gasteiger partial charge in [0.2, 0.25) is 0 Å². The third kappa shape index (κ3) is 14.3. The van der Waals surface area contributed by atoms with Crippen molar-refractivity contribution in [3.63, 3.8) is 0 Å². The van der Waals surface area contributed by atoms with Gasteiger partial charge in [0.1, 0.15) is 16.6 Å². The molecule has 3 aromatic heterocycles. The van der Waals surface area contributed by atoms with Gasteiger partial charge in [-0.3, -0.25) is 14.4 Å². The number of benzene rings is 6. The van der Waals surface area contributed by atoms with Gasteiger partial charge >= 0.3 is 17.9 Å². The van der Waals surface area contributed by atoms with Crippen LogP contribution in [0.4, 0.5) is 3.89 Å². The summed E-state index contributed by atoms with van der Waals surface area (Å²) in [5, 5.41) is 36.2. The lowest BCUT2D eigenvalue weighted by Crippen LogP contribution is -2.24. The number of halogens is 1. The summed E-state index contributed by atoms with van der Waals surface area (Å²) in [7, 11) is 4.33. The van der Waals surface area contributed by atoms with Gasteiger partial charge in [0.15, 0.2) is 0 Å². The minimum atomic E-state index is -0.211. The lowest BCUT2D eigenvalue weighted by molar-refractivity contribution is -0.141. The van der Waals surface area contributed by atoms with Crippen molar-refractivity contribution in [1.82, 2.24) is 60.9 Å². The molecule has 9 aromatic rings. The number of aromatic nitrogens is 9. The highest BCUT2D eigenvalue weighted by Gasteiger charge is 2.28. The Hall–Kier alpha value is -7.91. The van der Waals surface area contributed by atoms with Crippen molar-refractivity contribution in [2.75, 3.05) is 47.2 Å². The number of methoxy groups -OCH3 is 3. The van der Waals surface area contributed by atoms with Crippen molar-refractivity contribution in [2.24, 2.45) is 0 Å². The average molecular weight is 1200 g/mol. The molecule has 6 aromatic carbocycles. The number of aryl methyl sites for hydroxylation is 6. The van der Waals surface area contributed by atoms with E-state index in [9.17, 15) is 18.3 Å². The van der Waals surface area contributed by atoms with Crippen LogP contribution in [0.5, 0.6) is 0 Å². The van der Waals surface area contributed by atoms with Gasteiger partial charge in [-0.1, -0.05) is 88.4 Å². The number of rotatable bonds is 15. The van der Waals surface area contributed by atoms with Gasteiger partial charge in [-0.05, 0) is 182 Å². The topological polar surface area (TPSA) is 207 Å². The molecule has 3 N–H and O–H groups in total. The van der Waals surface area contributed by atoms with E-state index >= 15 is 0 Å². The molecule has 6 heterocycles. The van der Waals surface area contributed by atoms with E-state index in [0.29, 0.717) is 19.3 Å². The Kier molecular flexibility index (Phi) is 21.7. The van der Waals surface area contributed by atoms with Crippen LogP contribution in [0.1, 0.15) is 141 Å². The summed E-state index contributed by atoms with van der Waals surface area (Å²) >= 11 is 0.250. The lowest BCUT2D eigenvalue weighted by Gasteiger charge is -2.23. The van der Waals surface area contributed by atoms with Crippen molar-refractivity contribution in [3.8, 4) is 0 Å². The number of carbonyl (C=O) groups is 3. The number of fused-ring (bicyclic) bond motifs is 6. The van der Waals surface area contributed by atoms with Crippen molar-refractivity contribution >= 4 is 63.2 Å². The Balaban J connectivity index is 0.000000152. The van der Waals surface area contributed by atoms with Gasteiger partial charge in [0.25, 0.3) is 0 Å². The van der Waals surface area contributed by atoms with Crippen molar-refractivity contribution < 1.29 is 32.5 Å². The fourth-order valence-electron chi connectivity index (χ4n) is 12.5. The van der Waals surface area contributed by atoms with E-state index in [2.05, 4.69) is 179 Å². The molecule has 0 radical (unpaired) electrons. The van der Waals surface area contributed by atoms with Crippen LogP contribution in [0.15, 0.2) is 91.0 Å². The molecule has 3 aliphatic heterocycles. The maximum atomic E-state index is 12.2. The van der Waals surface area contributed by atoms with Gasteiger partial charge < -0.3 is 30.2 Å². The van der Waals surface area contributed by atoms with E-state index in [1.807, 2.05) is 14.0 Å². The standard InChI is InChI=1S/3C22H26N4O2.CH3FS/c3*1-4-26-20-8-7-18(14(2)22(20)24-25-26)19(12-21(27)28-3)16-6-5-15-9-10-23-13-17(15)11-16;1-3-2/h3*5-8,11,19,23H,4,9-10,12-13H2,1-3H3;1H3/t2*19-;;/m10../s1. The summed E-state index contributed by atoms with van der Waals surface area (Å²) < 4.78 is 30.9. The quantitative estimate of drug-likeness (QED) is 0.0644. The first kappa shape index (κ1) is 63.6. The molecule has 0 fully saturated rings. The Morgan fingerprint density at radius 2 is 0.747 bits per heavy atom. The predicted octanol–water partition coefficient (Wildman–Crippen LogP) is 10.5. The van der Waals surface area contributed by atoms with Crippen LogP contribution in [-0.4, -0.2) is 110 Å². The molecule has 87 heavy (non-hydrogen) atoms. The highest BCUT2D eigenvalue weighted by molar-refractivity contribution is 7.93. The molecule has 3 aliphatic rings. The van der Waals surface area contributed by atoms with E-state index in [1.165, 1.54) is 61.0 Å². The molecule has 458 valence electrons. The highest BCUT2D eigenvalue weighted by Crippen LogP contribution is 2.38. The Bertz CT molecular complexity index is 3500. The second-order valence-corrected chi connectivity index (χ2v) is 22.5. The van der Waals surface area contributed by atoms with Crippen LogP contribution < -0.4 is 16.0 Å². The monoisotopic (exact) mass is 1200 g/mol. The van der Waals surface area contributed by atoms with Gasteiger partial charge in [-0.15, -0.1) is 15.3 Å². The van der Waals surface area contributed by atoms with E-state index in [4.69, 9.17) is 14.2 Å². The van der Waals surface area contributed by atoms with Crippen LogP contribution in [0.25, 0.3) is 33.1 Å². The number of esters is 3. The number of nitrogens with one attached hydrogen (secondary N) is 3. The lowest BCUT2D eigenvalue weighted by atomic mass is 9.83. The molecule has 0 saturated heterocycles. The molecule has 20 heteroatoms. The number of carbonyl (C=O) groups excluding carboxylic acids is 3. The number of hydrogen-bond acceptors (Lipinski definition) is 16. The second-order valence-electron chi connectivity index (χ2n) is 22.2. The fourth-order valence-corrected chi connectivity index (χ4v) is 12.5. The number of nitrogens with zero attached hydrogens (tertiary/aromatic N) is 9. The van der Waals surface area contributed by atoms with Gasteiger partial charge in [0, 0.05) is 75.4 Å². The molecule has 0 saturated carbocycles. The van der Waals surface area contributed by atoms with E-state index in [0.717, 1.165) is 161 Å². The first-order valence-electron chi connectivity index (χ1n) is 30.1. The second kappa shape index (κ2) is 29.7. The summed E-state index contributed by atoms with van der Waals surface area (Å²) in [6.07, 6.45) is 5.41. The van der Waals surface area contributed by atoms with E-state index in [-0.39, 0.29) is 47.8 Å². The smallest absolute Gasteiger partial charge is 0.306 e. The van der Waals surface area contributed by atoms with E-state index in [1.54, 1.807) is 0 Å². The van der Waals surface area contributed by atoms with Crippen LogP contribution in [-0.2, 0) is 87.1 Å². The molecule has 0 amide bonds. The normalized spacial score (nSPS) is 14.4. The van der Waals surface area contributed by atoms with Crippen LogP contribution in [0.3, 0.4) is 0 Å². The molecule has 0 aliphatic carbocycles. The highest BCUT2D eigenvalue weighted by atomic mass is 32.2. The first-order valence-corrected chi connectivity index (χ1v) is 31.2. The third-order valence-corrected chi connectivity index (χ3v) is 17.3. The molecule has 1 unspecified atom stereocenters. The zero-order valence-electron chi connectivity index (χ0n) is 51.8. The first-order chi connectivity index (χ1) is 42.3. The zero-order chi connectivity index (χ0) is 61.7. The molecule has 0 bridgehead atoms. The Morgan fingerprint density at radius 1 is 0.471 bits per heavy atom. The molecular weight excluding hydrogens is 1120 g/mol.